The van der Waals surface area contributed by atoms with E-state index in [1.807, 2.05) is 6.07 Å². The highest BCUT2D eigenvalue weighted by Crippen LogP contribution is 2.25. The van der Waals surface area contributed by atoms with Crippen LogP contribution in [0, 0.1) is 16.0 Å². The molecule has 0 aromatic heterocycles. The van der Waals surface area contributed by atoms with Crippen molar-refractivity contribution in [3.63, 3.8) is 0 Å². The molecule has 1 unspecified atom stereocenters. The fourth-order valence-electron chi connectivity index (χ4n) is 1.89. The van der Waals surface area contributed by atoms with E-state index in [2.05, 4.69) is 42.0 Å². The first kappa shape index (κ1) is 15.1. The zero-order valence-corrected chi connectivity index (χ0v) is 12.5. The number of rotatable bonds is 6. The maximum Gasteiger partial charge on any atom is 0.283 e. The average Bonchev–Trinajstić information content (AvgIpc) is 2.26. The van der Waals surface area contributed by atoms with E-state index >= 15 is 0 Å². The van der Waals surface area contributed by atoms with Crippen molar-refractivity contribution < 1.29 is 4.92 Å². The first-order chi connectivity index (χ1) is 8.40. The van der Waals surface area contributed by atoms with Crippen molar-refractivity contribution in [3.05, 3.63) is 38.3 Å². The molecule has 0 fully saturated rings. The molecule has 1 aromatic carbocycles. The van der Waals surface area contributed by atoms with E-state index in [9.17, 15) is 10.1 Å². The molecule has 4 nitrogen and oxygen atoms in total. The van der Waals surface area contributed by atoms with Gasteiger partial charge in [0.2, 0.25) is 0 Å². The molecule has 0 saturated heterocycles. The normalized spacial score (nSPS) is 12.7. The van der Waals surface area contributed by atoms with Crippen molar-refractivity contribution in [2.45, 2.75) is 39.8 Å². The molecule has 0 spiro atoms. The Balaban J connectivity index is 2.63. The lowest BCUT2D eigenvalue weighted by Crippen LogP contribution is -2.26. The Kier molecular flexibility index (Phi) is 5.75. The summed E-state index contributed by atoms with van der Waals surface area (Å²) in [6.07, 6.45) is 1.10. The molecule has 0 aliphatic rings. The van der Waals surface area contributed by atoms with E-state index in [0.29, 0.717) is 23.0 Å². The van der Waals surface area contributed by atoms with Crippen LogP contribution in [0.1, 0.15) is 32.8 Å². The van der Waals surface area contributed by atoms with Crippen LogP contribution < -0.4 is 5.32 Å². The average molecular weight is 315 g/mol. The first-order valence-corrected chi connectivity index (χ1v) is 6.85. The van der Waals surface area contributed by atoms with Crippen LogP contribution in [0.3, 0.4) is 0 Å². The molecule has 1 N–H and O–H groups in total. The van der Waals surface area contributed by atoms with Gasteiger partial charge in [0, 0.05) is 18.7 Å². The molecule has 0 heterocycles. The minimum Gasteiger partial charge on any atom is -0.310 e. The van der Waals surface area contributed by atoms with Gasteiger partial charge in [-0.1, -0.05) is 19.9 Å². The second kappa shape index (κ2) is 6.85. The second-order valence-electron chi connectivity index (χ2n) is 4.95. The fraction of sp³-hybridized carbons (Fsp3) is 0.538. The molecule has 18 heavy (non-hydrogen) atoms. The maximum atomic E-state index is 10.8. The SMILES string of the molecule is CC(C)CC(C)NCc1ccc(Br)c([N+](=O)[O-])c1. The largest absolute Gasteiger partial charge is 0.310 e. The highest BCUT2D eigenvalue weighted by atomic mass is 79.9. The monoisotopic (exact) mass is 314 g/mol. The molecule has 0 aliphatic heterocycles. The molecule has 100 valence electrons. The highest BCUT2D eigenvalue weighted by molar-refractivity contribution is 9.10. The molecule has 1 rings (SSSR count). The molecule has 0 amide bonds. The van der Waals surface area contributed by atoms with Gasteiger partial charge in [-0.15, -0.1) is 0 Å². The lowest BCUT2D eigenvalue weighted by atomic mass is 10.0. The van der Waals surface area contributed by atoms with E-state index in [4.69, 9.17) is 0 Å². The van der Waals surface area contributed by atoms with Crippen LogP contribution in [-0.4, -0.2) is 11.0 Å². The lowest BCUT2D eigenvalue weighted by Gasteiger charge is -2.15. The molecule has 0 aliphatic carbocycles. The summed E-state index contributed by atoms with van der Waals surface area (Å²) in [7, 11) is 0. The zero-order chi connectivity index (χ0) is 13.7. The fourth-order valence-corrected chi connectivity index (χ4v) is 2.28. The second-order valence-corrected chi connectivity index (χ2v) is 5.81. The van der Waals surface area contributed by atoms with Crippen molar-refractivity contribution in [1.82, 2.24) is 5.32 Å². The summed E-state index contributed by atoms with van der Waals surface area (Å²) in [4.78, 5) is 10.4. The lowest BCUT2D eigenvalue weighted by molar-refractivity contribution is -0.385. The van der Waals surface area contributed by atoms with Crippen LogP contribution in [0.4, 0.5) is 5.69 Å². The van der Waals surface area contributed by atoms with Crippen molar-refractivity contribution in [3.8, 4) is 0 Å². The van der Waals surface area contributed by atoms with Gasteiger partial charge in [-0.3, -0.25) is 10.1 Å². The third-order valence-corrected chi connectivity index (χ3v) is 3.36. The summed E-state index contributed by atoms with van der Waals surface area (Å²) in [5.74, 6) is 0.645. The summed E-state index contributed by atoms with van der Waals surface area (Å²) in [6.45, 7) is 7.15. The van der Waals surface area contributed by atoms with E-state index in [1.165, 1.54) is 0 Å². The van der Waals surface area contributed by atoms with Gasteiger partial charge in [-0.25, -0.2) is 0 Å². The first-order valence-electron chi connectivity index (χ1n) is 6.06. The number of nitrogens with zero attached hydrogens (tertiary/aromatic N) is 1. The Bertz CT molecular complexity index is 421. The minimum atomic E-state index is -0.370. The topological polar surface area (TPSA) is 55.2 Å². The predicted molar refractivity (Wildman–Crippen MR) is 76.6 cm³/mol. The molecular weight excluding hydrogens is 296 g/mol. The van der Waals surface area contributed by atoms with Gasteiger partial charge in [0.05, 0.1) is 9.40 Å². The van der Waals surface area contributed by atoms with Gasteiger partial charge in [0.1, 0.15) is 0 Å². The summed E-state index contributed by atoms with van der Waals surface area (Å²) < 4.78 is 0.520. The number of nitro groups is 1. The van der Waals surface area contributed by atoms with Crippen molar-refractivity contribution in [2.24, 2.45) is 5.92 Å². The van der Waals surface area contributed by atoms with E-state index < -0.39 is 0 Å². The Hall–Kier alpha value is -0.940. The molecule has 1 aromatic rings. The van der Waals surface area contributed by atoms with Crippen LogP contribution in [0.2, 0.25) is 0 Å². The van der Waals surface area contributed by atoms with Gasteiger partial charge < -0.3 is 5.32 Å². The van der Waals surface area contributed by atoms with Crippen LogP contribution in [0.5, 0.6) is 0 Å². The number of nitrogens with one attached hydrogen (secondary N) is 1. The van der Waals surface area contributed by atoms with Crippen LogP contribution in [0.15, 0.2) is 22.7 Å². The molecule has 0 radical (unpaired) electrons. The number of hydrogen-bond acceptors (Lipinski definition) is 3. The van der Waals surface area contributed by atoms with Gasteiger partial charge >= 0.3 is 0 Å². The number of hydrogen-bond donors (Lipinski definition) is 1. The van der Waals surface area contributed by atoms with E-state index in [0.717, 1.165) is 12.0 Å². The quantitative estimate of drug-likeness (QED) is 0.640. The van der Waals surface area contributed by atoms with Crippen LogP contribution in [0.25, 0.3) is 0 Å². The molecular formula is C13H19BrN2O2. The zero-order valence-electron chi connectivity index (χ0n) is 10.9. The van der Waals surface area contributed by atoms with Crippen molar-refractivity contribution >= 4 is 21.6 Å². The number of halogens is 1. The highest BCUT2D eigenvalue weighted by Gasteiger charge is 2.12. The molecule has 1 atom stereocenters. The predicted octanol–water partition coefficient (Wildman–Crippen LogP) is 3.88. The van der Waals surface area contributed by atoms with Crippen LogP contribution >= 0.6 is 15.9 Å². The minimum absolute atomic E-state index is 0.116. The molecule has 0 bridgehead atoms. The van der Waals surface area contributed by atoms with E-state index in [-0.39, 0.29) is 10.6 Å². The number of nitro benzene ring substituents is 1. The van der Waals surface area contributed by atoms with Crippen molar-refractivity contribution in [2.75, 3.05) is 0 Å². The van der Waals surface area contributed by atoms with E-state index in [1.54, 1.807) is 12.1 Å². The van der Waals surface area contributed by atoms with Gasteiger partial charge in [-0.05, 0) is 46.8 Å². The van der Waals surface area contributed by atoms with Crippen LogP contribution in [-0.2, 0) is 6.54 Å². The van der Waals surface area contributed by atoms with Crippen molar-refractivity contribution in [1.29, 1.82) is 0 Å². The standard InChI is InChI=1S/C13H19BrN2O2/c1-9(2)6-10(3)15-8-11-4-5-12(14)13(7-11)16(17)18/h4-5,7,9-10,15H,6,8H2,1-3H3. The third kappa shape index (κ3) is 4.74. The third-order valence-electron chi connectivity index (χ3n) is 2.69. The molecule has 0 saturated carbocycles. The Morgan fingerprint density at radius 2 is 2.06 bits per heavy atom. The van der Waals surface area contributed by atoms with Gasteiger partial charge in [-0.2, -0.15) is 0 Å². The van der Waals surface area contributed by atoms with Gasteiger partial charge in [0.25, 0.3) is 5.69 Å². The Labute approximate surface area is 116 Å². The Morgan fingerprint density at radius 1 is 1.39 bits per heavy atom. The summed E-state index contributed by atoms with van der Waals surface area (Å²) in [6, 6.07) is 5.64. The number of benzene rings is 1. The summed E-state index contributed by atoms with van der Waals surface area (Å²) >= 11 is 3.18. The molecule has 5 heteroatoms. The smallest absolute Gasteiger partial charge is 0.283 e. The maximum absolute atomic E-state index is 10.8. The van der Waals surface area contributed by atoms with Gasteiger partial charge in [0.15, 0.2) is 0 Å². The summed E-state index contributed by atoms with van der Waals surface area (Å²) in [5.41, 5.74) is 1.05. The Morgan fingerprint density at radius 3 is 2.61 bits per heavy atom. The summed E-state index contributed by atoms with van der Waals surface area (Å²) in [5, 5.41) is 14.2.